The molecule has 1 aliphatic rings. The first-order chi connectivity index (χ1) is 12.5. The number of hydrogen-bond donors (Lipinski definition) is 0. The Kier molecular flexibility index (Phi) is 4.02. The van der Waals surface area contributed by atoms with Crippen LogP contribution < -0.4 is 4.90 Å². The van der Waals surface area contributed by atoms with E-state index >= 15 is 0 Å². The van der Waals surface area contributed by atoms with E-state index in [-0.39, 0.29) is 19.0 Å². The number of fused-ring (bicyclic) bond motifs is 1. The molecule has 0 unspecified atom stereocenters. The van der Waals surface area contributed by atoms with Crippen molar-refractivity contribution in [2.24, 2.45) is 7.05 Å². The second-order valence-electron chi connectivity index (χ2n) is 6.35. The quantitative estimate of drug-likeness (QED) is 0.720. The molecule has 26 heavy (non-hydrogen) atoms. The van der Waals surface area contributed by atoms with E-state index in [9.17, 15) is 13.6 Å². The molecule has 1 fully saturated rings. The zero-order valence-electron chi connectivity index (χ0n) is 14.2. The number of anilines is 1. The van der Waals surface area contributed by atoms with E-state index in [4.69, 9.17) is 0 Å². The summed E-state index contributed by atoms with van der Waals surface area (Å²) in [4.78, 5) is 24.7. The molecule has 0 aliphatic carbocycles. The molecule has 1 saturated heterocycles. The van der Waals surface area contributed by atoms with Crippen LogP contribution in [0.15, 0.2) is 36.8 Å². The fourth-order valence-electron chi connectivity index (χ4n) is 3.23. The summed E-state index contributed by atoms with van der Waals surface area (Å²) in [5.74, 6) is -1.14. The molecular weight excluding hydrogens is 340 g/mol. The van der Waals surface area contributed by atoms with E-state index in [0.29, 0.717) is 18.7 Å². The number of hydrogen-bond acceptors (Lipinski definition) is 4. The summed E-state index contributed by atoms with van der Waals surface area (Å²) >= 11 is 0. The van der Waals surface area contributed by atoms with E-state index in [0.717, 1.165) is 29.0 Å². The second-order valence-corrected chi connectivity index (χ2v) is 6.35. The molecule has 0 atom stereocenters. The maximum atomic E-state index is 13.4. The maximum absolute atomic E-state index is 13.4. The van der Waals surface area contributed by atoms with Crippen molar-refractivity contribution in [1.29, 1.82) is 0 Å². The predicted molar refractivity (Wildman–Crippen MR) is 92.5 cm³/mol. The Morgan fingerprint density at radius 3 is 2.73 bits per heavy atom. The third-order valence-corrected chi connectivity index (χ3v) is 4.62. The Hall–Kier alpha value is -3.03. The van der Waals surface area contributed by atoms with Crippen LogP contribution in [0, 0.1) is 11.6 Å². The molecule has 0 spiro atoms. The van der Waals surface area contributed by atoms with Crippen LogP contribution in [0.25, 0.3) is 11.0 Å². The molecule has 8 heteroatoms. The van der Waals surface area contributed by atoms with Crippen molar-refractivity contribution < 1.29 is 13.6 Å². The maximum Gasteiger partial charge on any atom is 0.242 e. The zero-order chi connectivity index (χ0) is 18.3. The Balaban J connectivity index is 1.51. The molecule has 2 aromatic heterocycles. The number of rotatable bonds is 3. The van der Waals surface area contributed by atoms with Gasteiger partial charge in [0.2, 0.25) is 5.91 Å². The lowest BCUT2D eigenvalue weighted by atomic mass is 10.1. The fourth-order valence-corrected chi connectivity index (χ4v) is 3.23. The lowest BCUT2D eigenvalue weighted by Crippen LogP contribution is -2.50. The van der Waals surface area contributed by atoms with Crippen LogP contribution in [0.1, 0.15) is 5.56 Å². The van der Waals surface area contributed by atoms with Gasteiger partial charge in [-0.05, 0) is 23.8 Å². The highest BCUT2D eigenvalue weighted by Gasteiger charge is 2.26. The number of nitrogens with zero attached hydrogens (tertiary/aromatic N) is 5. The van der Waals surface area contributed by atoms with E-state index in [1.165, 1.54) is 12.4 Å². The average molecular weight is 357 g/mol. The average Bonchev–Trinajstić information content (AvgIpc) is 3.01. The molecular formula is C18H17F2N5O. The summed E-state index contributed by atoms with van der Waals surface area (Å²) in [6.07, 6.45) is 3.40. The number of aromatic nitrogens is 3. The van der Waals surface area contributed by atoms with Crippen LogP contribution in [0.5, 0.6) is 0 Å². The lowest BCUT2D eigenvalue weighted by molar-refractivity contribution is -0.131. The van der Waals surface area contributed by atoms with Crippen LogP contribution in [-0.4, -0.2) is 45.0 Å². The number of carbonyl (C=O) groups excluding carboxylic acids is 1. The third kappa shape index (κ3) is 2.87. The van der Waals surface area contributed by atoms with Crippen LogP contribution in [0.2, 0.25) is 0 Å². The number of halogens is 2. The van der Waals surface area contributed by atoms with Gasteiger partial charge in [-0.3, -0.25) is 4.79 Å². The molecule has 0 bridgehead atoms. The lowest BCUT2D eigenvalue weighted by Gasteiger charge is -2.35. The highest BCUT2D eigenvalue weighted by molar-refractivity contribution is 5.91. The monoisotopic (exact) mass is 357 g/mol. The highest BCUT2D eigenvalue weighted by Crippen LogP contribution is 2.25. The Morgan fingerprint density at radius 1 is 1.12 bits per heavy atom. The van der Waals surface area contributed by atoms with Gasteiger partial charge < -0.3 is 14.4 Å². The van der Waals surface area contributed by atoms with Gasteiger partial charge in [0.25, 0.3) is 0 Å². The second kappa shape index (κ2) is 6.36. The van der Waals surface area contributed by atoms with Crippen molar-refractivity contribution >= 4 is 22.8 Å². The minimum atomic E-state index is -0.902. The van der Waals surface area contributed by atoms with Crippen molar-refractivity contribution in [1.82, 2.24) is 19.4 Å². The summed E-state index contributed by atoms with van der Waals surface area (Å²) in [6, 6.07) is 5.64. The molecule has 134 valence electrons. The summed E-state index contributed by atoms with van der Waals surface area (Å²) in [5, 5.41) is 0.900. The molecule has 3 heterocycles. The first-order valence-electron chi connectivity index (χ1n) is 8.25. The van der Waals surface area contributed by atoms with Crippen molar-refractivity contribution in [2.75, 3.05) is 24.5 Å². The minimum absolute atomic E-state index is 0.0799. The van der Waals surface area contributed by atoms with Crippen molar-refractivity contribution in [3.63, 3.8) is 0 Å². The smallest absolute Gasteiger partial charge is 0.242 e. The number of piperazine rings is 1. The molecule has 1 amide bonds. The number of aryl methyl sites for hydroxylation is 1. The minimum Gasteiger partial charge on any atom is -0.345 e. The van der Waals surface area contributed by atoms with E-state index in [2.05, 4.69) is 9.97 Å². The van der Waals surface area contributed by atoms with E-state index < -0.39 is 11.6 Å². The number of carbonyl (C=O) groups is 1. The largest absolute Gasteiger partial charge is 0.345 e. The summed E-state index contributed by atoms with van der Waals surface area (Å²) < 4.78 is 28.3. The highest BCUT2D eigenvalue weighted by atomic mass is 19.2. The molecule has 0 radical (unpaired) electrons. The topological polar surface area (TPSA) is 54.3 Å². The molecule has 1 aliphatic heterocycles. The first-order valence-corrected chi connectivity index (χ1v) is 8.25. The van der Waals surface area contributed by atoms with E-state index in [1.54, 1.807) is 4.90 Å². The molecule has 0 N–H and O–H groups in total. The van der Waals surface area contributed by atoms with Gasteiger partial charge in [0, 0.05) is 32.9 Å². The molecule has 1 aromatic carbocycles. The molecule has 0 saturated carbocycles. The van der Waals surface area contributed by atoms with Crippen molar-refractivity contribution in [3.8, 4) is 0 Å². The van der Waals surface area contributed by atoms with Crippen LogP contribution >= 0.6 is 0 Å². The van der Waals surface area contributed by atoms with Gasteiger partial charge in [-0.2, -0.15) is 0 Å². The Labute approximate surface area is 148 Å². The summed E-state index contributed by atoms with van der Waals surface area (Å²) in [5.41, 5.74) is 1.38. The Morgan fingerprint density at radius 2 is 1.96 bits per heavy atom. The SMILES string of the molecule is Cn1ccc2c(N3CCN(Cc4ccc(F)c(F)c4)C(=O)C3)ncnc21. The summed E-state index contributed by atoms with van der Waals surface area (Å²) in [7, 11) is 1.91. The molecule has 6 nitrogen and oxygen atoms in total. The standard InChI is InChI=1S/C18H17F2N5O/c1-23-5-4-13-17(23)21-11-22-18(13)25-7-6-24(16(26)10-25)9-12-2-3-14(19)15(20)8-12/h2-5,8,11H,6-7,9-10H2,1H3. The van der Waals surface area contributed by atoms with Crippen LogP contribution in [0.3, 0.4) is 0 Å². The predicted octanol–water partition coefficient (Wildman–Crippen LogP) is 2.10. The van der Waals surface area contributed by atoms with Crippen molar-refractivity contribution in [3.05, 3.63) is 54.0 Å². The van der Waals surface area contributed by atoms with Crippen LogP contribution in [0.4, 0.5) is 14.6 Å². The van der Waals surface area contributed by atoms with Gasteiger partial charge in [0.15, 0.2) is 11.6 Å². The van der Waals surface area contributed by atoms with Gasteiger partial charge in [0.05, 0.1) is 11.9 Å². The van der Waals surface area contributed by atoms with E-state index in [1.807, 2.05) is 28.8 Å². The van der Waals surface area contributed by atoms with Gasteiger partial charge in [-0.15, -0.1) is 0 Å². The van der Waals surface area contributed by atoms with Gasteiger partial charge in [-0.25, -0.2) is 18.7 Å². The number of benzene rings is 1. The number of amides is 1. The summed E-state index contributed by atoms with van der Waals surface area (Å²) in [6.45, 7) is 1.53. The fraction of sp³-hybridized carbons (Fsp3) is 0.278. The molecule has 3 aromatic rings. The van der Waals surface area contributed by atoms with Gasteiger partial charge >= 0.3 is 0 Å². The Bertz CT molecular complexity index is 987. The third-order valence-electron chi connectivity index (χ3n) is 4.62. The zero-order valence-corrected chi connectivity index (χ0v) is 14.2. The van der Waals surface area contributed by atoms with Crippen LogP contribution in [-0.2, 0) is 18.4 Å². The van der Waals surface area contributed by atoms with Gasteiger partial charge in [0.1, 0.15) is 17.8 Å². The first kappa shape index (κ1) is 16.4. The normalized spacial score (nSPS) is 15.1. The van der Waals surface area contributed by atoms with Crippen molar-refractivity contribution in [2.45, 2.75) is 6.54 Å². The molecule has 4 rings (SSSR count). The van der Waals surface area contributed by atoms with Gasteiger partial charge in [-0.1, -0.05) is 6.07 Å².